The molecule has 0 aliphatic carbocycles. The van der Waals surface area contributed by atoms with Crippen molar-refractivity contribution in [3.63, 3.8) is 0 Å². The van der Waals surface area contributed by atoms with Crippen LogP contribution in [0, 0.1) is 6.92 Å². The molecule has 0 saturated carbocycles. The SMILES string of the molecule is COc1c(Cl)nc(SC)nc1Nc1cc(C)n(C2CCCCO2)n1. The fraction of sp³-hybridized carbons (Fsp3) is 0.533. The van der Waals surface area contributed by atoms with Gasteiger partial charge in [-0.3, -0.25) is 0 Å². The summed E-state index contributed by atoms with van der Waals surface area (Å²) in [5.41, 5.74) is 1.02. The second-order valence-electron chi connectivity index (χ2n) is 5.44. The molecule has 1 unspecified atom stereocenters. The fourth-order valence-electron chi connectivity index (χ4n) is 2.64. The van der Waals surface area contributed by atoms with Crippen LogP contribution >= 0.6 is 23.4 Å². The number of aromatic nitrogens is 4. The Kier molecular flexibility index (Phi) is 5.47. The van der Waals surface area contributed by atoms with Gasteiger partial charge in [0.05, 0.1) is 7.11 Å². The molecule has 1 N–H and O–H groups in total. The van der Waals surface area contributed by atoms with Crippen LogP contribution < -0.4 is 10.1 Å². The van der Waals surface area contributed by atoms with Crippen molar-refractivity contribution in [1.29, 1.82) is 0 Å². The molecule has 2 aromatic rings. The molecular weight excluding hydrogens is 350 g/mol. The Morgan fingerprint density at radius 1 is 1.42 bits per heavy atom. The van der Waals surface area contributed by atoms with Crippen molar-refractivity contribution < 1.29 is 9.47 Å². The predicted octanol–water partition coefficient (Wildman–Crippen LogP) is 3.81. The van der Waals surface area contributed by atoms with Crippen molar-refractivity contribution in [3.8, 4) is 5.75 Å². The summed E-state index contributed by atoms with van der Waals surface area (Å²) in [6.45, 7) is 2.78. The van der Waals surface area contributed by atoms with Crippen molar-refractivity contribution in [2.45, 2.75) is 37.6 Å². The third kappa shape index (κ3) is 3.60. The van der Waals surface area contributed by atoms with Crippen molar-refractivity contribution in [3.05, 3.63) is 16.9 Å². The standard InChI is InChI=1S/C15H20ClN5O2S/c1-9-8-10(20-21(9)11-6-4-5-7-23-11)17-14-12(22-2)13(16)18-15(19-14)24-3/h8,11H,4-7H2,1-3H3,(H,17,18,19,20). The van der Waals surface area contributed by atoms with E-state index in [1.807, 2.05) is 23.9 Å². The second kappa shape index (κ2) is 7.58. The number of hydrogen-bond donors (Lipinski definition) is 1. The molecule has 1 saturated heterocycles. The Bertz CT molecular complexity index is 718. The Labute approximate surface area is 150 Å². The van der Waals surface area contributed by atoms with Gasteiger partial charge in [0.2, 0.25) is 0 Å². The summed E-state index contributed by atoms with van der Waals surface area (Å²) in [4.78, 5) is 8.59. The molecule has 3 heterocycles. The molecule has 9 heteroatoms. The lowest BCUT2D eigenvalue weighted by molar-refractivity contribution is -0.0404. The molecule has 130 valence electrons. The Morgan fingerprint density at radius 2 is 2.25 bits per heavy atom. The van der Waals surface area contributed by atoms with Gasteiger partial charge < -0.3 is 14.8 Å². The second-order valence-corrected chi connectivity index (χ2v) is 6.58. The summed E-state index contributed by atoms with van der Waals surface area (Å²) < 4.78 is 13.0. The van der Waals surface area contributed by atoms with Crippen LogP contribution in [0.1, 0.15) is 31.2 Å². The summed E-state index contributed by atoms with van der Waals surface area (Å²) in [6.07, 6.45) is 5.12. The molecule has 0 bridgehead atoms. The van der Waals surface area contributed by atoms with Gasteiger partial charge in [-0.25, -0.2) is 14.6 Å². The van der Waals surface area contributed by atoms with E-state index in [-0.39, 0.29) is 11.4 Å². The van der Waals surface area contributed by atoms with Crippen LogP contribution in [-0.4, -0.2) is 39.7 Å². The first-order chi connectivity index (χ1) is 11.6. The zero-order valence-corrected chi connectivity index (χ0v) is 15.4. The molecule has 7 nitrogen and oxygen atoms in total. The molecule has 1 atom stereocenters. The number of ether oxygens (including phenoxy) is 2. The molecule has 0 radical (unpaired) electrons. The minimum Gasteiger partial charge on any atom is -0.490 e. The van der Waals surface area contributed by atoms with Gasteiger partial charge in [-0.1, -0.05) is 23.4 Å². The molecule has 1 fully saturated rings. The van der Waals surface area contributed by atoms with Gasteiger partial charge in [0.25, 0.3) is 0 Å². The molecule has 0 spiro atoms. The lowest BCUT2D eigenvalue weighted by Gasteiger charge is -2.23. The lowest BCUT2D eigenvalue weighted by Crippen LogP contribution is -2.20. The van der Waals surface area contributed by atoms with Crippen LogP contribution in [0.4, 0.5) is 11.6 Å². The summed E-state index contributed by atoms with van der Waals surface area (Å²) in [6, 6.07) is 1.95. The maximum Gasteiger partial charge on any atom is 0.199 e. The van der Waals surface area contributed by atoms with Crippen molar-refractivity contribution in [1.82, 2.24) is 19.7 Å². The summed E-state index contributed by atoms with van der Waals surface area (Å²) in [7, 11) is 1.54. The third-order valence-electron chi connectivity index (χ3n) is 3.79. The third-order valence-corrected chi connectivity index (χ3v) is 4.59. The number of nitrogens with one attached hydrogen (secondary N) is 1. The van der Waals surface area contributed by atoms with E-state index < -0.39 is 0 Å². The molecule has 24 heavy (non-hydrogen) atoms. The maximum atomic E-state index is 6.16. The average Bonchev–Trinajstić information content (AvgIpc) is 2.95. The van der Waals surface area contributed by atoms with E-state index in [2.05, 4.69) is 20.4 Å². The number of anilines is 2. The largest absolute Gasteiger partial charge is 0.490 e. The normalized spacial score (nSPS) is 17.8. The first-order valence-electron chi connectivity index (χ1n) is 7.72. The van der Waals surface area contributed by atoms with Gasteiger partial charge >= 0.3 is 0 Å². The van der Waals surface area contributed by atoms with Gasteiger partial charge in [-0.15, -0.1) is 0 Å². The van der Waals surface area contributed by atoms with Crippen LogP contribution in [0.15, 0.2) is 11.2 Å². The van der Waals surface area contributed by atoms with Crippen LogP contribution in [0.5, 0.6) is 5.75 Å². The van der Waals surface area contributed by atoms with Gasteiger partial charge in [0.15, 0.2) is 33.9 Å². The number of methoxy groups -OCH3 is 1. The van der Waals surface area contributed by atoms with Crippen LogP contribution in [-0.2, 0) is 4.74 Å². The van der Waals surface area contributed by atoms with Crippen LogP contribution in [0.3, 0.4) is 0 Å². The van der Waals surface area contributed by atoms with E-state index in [1.165, 1.54) is 18.9 Å². The summed E-state index contributed by atoms with van der Waals surface area (Å²) in [5, 5.41) is 8.62. The van der Waals surface area contributed by atoms with Gasteiger partial charge in [-0.05, 0) is 32.4 Å². The topological polar surface area (TPSA) is 74.1 Å². The molecule has 2 aromatic heterocycles. The lowest BCUT2D eigenvalue weighted by atomic mass is 10.2. The molecule has 0 amide bonds. The van der Waals surface area contributed by atoms with Gasteiger partial charge in [0, 0.05) is 18.4 Å². The zero-order chi connectivity index (χ0) is 17.1. The van der Waals surface area contributed by atoms with E-state index in [0.717, 1.165) is 31.6 Å². The van der Waals surface area contributed by atoms with Crippen LogP contribution in [0.25, 0.3) is 0 Å². The molecule has 1 aliphatic heterocycles. The van der Waals surface area contributed by atoms with Crippen molar-refractivity contribution in [2.75, 3.05) is 25.3 Å². The van der Waals surface area contributed by atoms with E-state index in [9.17, 15) is 0 Å². The first kappa shape index (κ1) is 17.3. The monoisotopic (exact) mass is 369 g/mol. The van der Waals surface area contributed by atoms with Crippen molar-refractivity contribution in [2.24, 2.45) is 0 Å². The van der Waals surface area contributed by atoms with Gasteiger partial charge in [0.1, 0.15) is 0 Å². The fourth-order valence-corrected chi connectivity index (χ4v) is 3.30. The van der Waals surface area contributed by atoms with Crippen molar-refractivity contribution >= 4 is 35.0 Å². The van der Waals surface area contributed by atoms with E-state index in [4.69, 9.17) is 21.1 Å². The number of rotatable bonds is 5. The Balaban J connectivity index is 1.87. The highest BCUT2D eigenvalue weighted by Crippen LogP contribution is 2.34. The van der Waals surface area contributed by atoms with E-state index in [1.54, 1.807) is 0 Å². The smallest absolute Gasteiger partial charge is 0.199 e. The predicted molar refractivity (Wildman–Crippen MR) is 94.5 cm³/mol. The molecule has 1 aliphatic rings. The Hall–Kier alpha value is -1.51. The first-order valence-corrected chi connectivity index (χ1v) is 9.33. The molecule has 3 rings (SSSR count). The molecular formula is C15H20ClN5O2S. The average molecular weight is 370 g/mol. The number of nitrogens with zero attached hydrogens (tertiary/aromatic N) is 4. The number of thioether (sulfide) groups is 1. The molecule has 0 aromatic carbocycles. The summed E-state index contributed by atoms with van der Waals surface area (Å²) in [5.74, 6) is 1.56. The zero-order valence-electron chi connectivity index (χ0n) is 13.9. The maximum absolute atomic E-state index is 6.16. The van der Waals surface area contributed by atoms with E-state index in [0.29, 0.717) is 22.5 Å². The highest BCUT2D eigenvalue weighted by atomic mass is 35.5. The minimum atomic E-state index is -0.00746. The number of aryl methyl sites for hydroxylation is 1. The number of halogens is 1. The minimum absolute atomic E-state index is 0.00746. The highest BCUT2D eigenvalue weighted by molar-refractivity contribution is 7.98. The Morgan fingerprint density at radius 3 is 2.92 bits per heavy atom. The van der Waals surface area contributed by atoms with Gasteiger partial charge in [-0.2, -0.15) is 5.10 Å². The number of hydrogen-bond acceptors (Lipinski definition) is 7. The summed E-state index contributed by atoms with van der Waals surface area (Å²) >= 11 is 7.57. The highest BCUT2D eigenvalue weighted by Gasteiger charge is 2.20. The van der Waals surface area contributed by atoms with E-state index >= 15 is 0 Å². The van der Waals surface area contributed by atoms with Crippen LogP contribution in [0.2, 0.25) is 5.15 Å². The quantitative estimate of drug-likeness (QED) is 0.488.